The average molecular weight is 289 g/mol. The standard InChI is InChI=1S/C18H27NO2/c1-13-10-14(2)12-17(11-13)15(3)19-8-6-16(7-9-19)4-5-18(20)21/h10-12,15-16H,4-9H2,1-3H3,(H,20,21). The summed E-state index contributed by atoms with van der Waals surface area (Å²) in [6, 6.07) is 7.24. The second-order valence-electron chi connectivity index (χ2n) is 6.51. The molecule has 1 aromatic rings. The molecule has 0 saturated carbocycles. The number of rotatable bonds is 5. The van der Waals surface area contributed by atoms with Gasteiger partial charge in [0.2, 0.25) is 0 Å². The molecule has 0 aromatic heterocycles. The molecule has 0 radical (unpaired) electrons. The molecule has 1 saturated heterocycles. The second-order valence-corrected chi connectivity index (χ2v) is 6.51. The monoisotopic (exact) mass is 289 g/mol. The van der Waals surface area contributed by atoms with Crippen molar-refractivity contribution in [1.82, 2.24) is 4.90 Å². The van der Waals surface area contributed by atoms with Gasteiger partial charge in [-0.05, 0) is 64.6 Å². The highest BCUT2D eigenvalue weighted by Gasteiger charge is 2.24. The highest BCUT2D eigenvalue weighted by molar-refractivity contribution is 5.66. The van der Waals surface area contributed by atoms with Crippen LogP contribution >= 0.6 is 0 Å². The number of carbonyl (C=O) groups is 1. The molecule has 1 unspecified atom stereocenters. The van der Waals surface area contributed by atoms with E-state index >= 15 is 0 Å². The molecule has 0 bridgehead atoms. The van der Waals surface area contributed by atoms with Crippen LogP contribution in [0.2, 0.25) is 0 Å². The molecule has 2 rings (SSSR count). The number of hydrogen-bond acceptors (Lipinski definition) is 2. The average Bonchev–Trinajstić information content (AvgIpc) is 2.44. The second kappa shape index (κ2) is 7.08. The van der Waals surface area contributed by atoms with Crippen molar-refractivity contribution in [3.63, 3.8) is 0 Å². The van der Waals surface area contributed by atoms with Crippen LogP contribution in [0.5, 0.6) is 0 Å². The summed E-state index contributed by atoms with van der Waals surface area (Å²) in [4.78, 5) is 13.2. The molecule has 1 fully saturated rings. The number of carboxylic acids is 1. The van der Waals surface area contributed by atoms with Crippen LogP contribution < -0.4 is 0 Å². The fraction of sp³-hybridized carbons (Fsp3) is 0.611. The molecule has 0 spiro atoms. The van der Waals surface area contributed by atoms with Crippen molar-refractivity contribution in [2.45, 2.75) is 52.5 Å². The Morgan fingerprint density at radius 3 is 2.33 bits per heavy atom. The maximum Gasteiger partial charge on any atom is 0.303 e. The fourth-order valence-corrected chi connectivity index (χ4v) is 3.42. The van der Waals surface area contributed by atoms with Crippen LogP contribution in [0, 0.1) is 19.8 Å². The van der Waals surface area contributed by atoms with E-state index in [9.17, 15) is 4.79 Å². The predicted molar refractivity (Wildman–Crippen MR) is 85.5 cm³/mol. The van der Waals surface area contributed by atoms with E-state index in [4.69, 9.17) is 5.11 Å². The number of hydrogen-bond donors (Lipinski definition) is 1. The van der Waals surface area contributed by atoms with Gasteiger partial charge in [-0.1, -0.05) is 29.3 Å². The van der Waals surface area contributed by atoms with Crippen molar-refractivity contribution in [3.8, 4) is 0 Å². The lowest BCUT2D eigenvalue weighted by atomic mass is 9.90. The highest BCUT2D eigenvalue weighted by Crippen LogP contribution is 2.29. The third-order valence-electron chi connectivity index (χ3n) is 4.69. The van der Waals surface area contributed by atoms with Crippen LogP contribution in [0.25, 0.3) is 0 Å². The Labute approximate surface area is 128 Å². The summed E-state index contributed by atoms with van der Waals surface area (Å²) in [6.07, 6.45) is 3.41. The lowest BCUT2D eigenvalue weighted by Crippen LogP contribution is -2.35. The first-order valence-electron chi connectivity index (χ1n) is 7.99. The van der Waals surface area contributed by atoms with Crippen LogP contribution in [0.3, 0.4) is 0 Å². The van der Waals surface area contributed by atoms with Crippen LogP contribution in [0.15, 0.2) is 18.2 Å². The van der Waals surface area contributed by atoms with Gasteiger partial charge in [-0.2, -0.15) is 0 Å². The van der Waals surface area contributed by atoms with Gasteiger partial charge in [0, 0.05) is 12.5 Å². The van der Waals surface area contributed by atoms with Gasteiger partial charge in [-0.25, -0.2) is 0 Å². The van der Waals surface area contributed by atoms with E-state index < -0.39 is 5.97 Å². The number of aryl methyl sites for hydroxylation is 2. The van der Waals surface area contributed by atoms with Gasteiger partial charge in [0.05, 0.1) is 0 Å². The summed E-state index contributed by atoms with van der Waals surface area (Å²) >= 11 is 0. The summed E-state index contributed by atoms with van der Waals surface area (Å²) < 4.78 is 0. The Morgan fingerprint density at radius 1 is 1.24 bits per heavy atom. The van der Waals surface area contributed by atoms with Crippen molar-refractivity contribution >= 4 is 5.97 Å². The Hall–Kier alpha value is -1.35. The third kappa shape index (κ3) is 4.57. The topological polar surface area (TPSA) is 40.5 Å². The molecular formula is C18H27NO2. The number of piperidine rings is 1. The molecule has 116 valence electrons. The molecule has 1 N–H and O–H groups in total. The minimum Gasteiger partial charge on any atom is -0.481 e. The molecule has 21 heavy (non-hydrogen) atoms. The summed E-state index contributed by atoms with van der Waals surface area (Å²) in [7, 11) is 0. The zero-order chi connectivity index (χ0) is 15.4. The third-order valence-corrected chi connectivity index (χ3v) is 4.69. The summed E-state index contributed by atoms with van der Waals surface area (Å²) in [6.45, 7) is 8.76. The molecular weight excluding hydrogens is 262 g/mol. The highest BCUT2D eigenvalue weighted by atomic mass is 16.4. The quantitative estimate of drug-likeness (QED) is 0.892. The van der Waals surface area contributed by atoms with E-state index in [0.29, 0.717) is 18.4 Å². The molecule has 0 amide bonds. The smallest absolute Gasteiger partial charge is 0.303 e. The lowest BCUT2D eigenvalue weighted by molar-refractivity contribution is -0.137. The molecule has 0 aliphatic carbocycles. The summed E-state index contributed by atoms with van der Waals surface area (Å²) in [5, 5.41) is 8.77. The van der Waals surface area contributed by atoms with E-state index in [1.54, 1.807) is 0 Å². The molecule has 1 heterocycles. The lowest BCUT2D eigenvalue weighted by Gasteiger charge is -2.36. The zero-order valence-corrected chi connectivity index (χ0v) is 13.4. The van der Waals surface area contributed by atoms with Gasteiger partial charge < -0.3 is 5.11 Å². The Bertz CT molecular complexity index is 470. The Balaban J connectivity index is 1.90. The van der Waals surface area contributed by atoms with Gasteiger partial charge in [0.25, 0.3) is 0 Å². The zero-order valence-electron chi connectivity index (χ0n) is 13.4. The van der Waals surface area contributed by atoms with E-state index in [1.165, 1.54) is 16.7 Å². The van der Waals surface area contributed by atoms with Crippen LogP contribution in [-0.2, 0) is 4.79 Å². The normalized spacial score (nSPS) is 18.6. The number of benzene rings is 1. The minimum absolute atomic E-state index is 0.317. The number of aliphatic carboxylic acids is 1. The SMILES string of the molecule is Cc1cc(C)cc(C(C)N2CCC(CCC(=O)O)CC2)c1. The molecule has 1 aromatic carbocycles. The summed E-state index contributed by atoms with van der Waals surface area (Å²) in [5.74, 6) is -0.0789. The van der Waals surface area contributed by atoms with Crippen LogP contribution in [-0.4, -0.2) is 29.1 Å². The first-order valence-corrected chi connectivity index (χ1v) is 7.99. The first-order chi connectivity index (χ1) is 9.95. The van der Waals surface area contributed by atoms with E-state index in [2.05, 4.69) is 43.9 Å². The van der Waals surface area contributed by atoms with Crippen molar-refractivity contribution in [1.29, 1.82) is 0 Å². The van der Waals surface area contributed by atoms with E-state index in [-0.39, 0.29) is 0 Å². The van der Waals surface area contributed by atoms with Crippen LogP contribution in [0.4, 0.5) is 0 Å². The predicted octanol–water partition coefficient (Wildman–Crippen LogP) is 3.94. The number of nitrogens with zero attached hydrogens (tertiary/aromatic N) is 1. The van der Waals surface area contributed by atoms with Crippen molar-refractivity contribution in [2.24, 2.45) is 5.92 Å². The Kier molecular flexibility index (Phi) is 5.40. The van der Waals surface area contributed by atoms with Crippen LogP contribution in [0.1, 0.15) is 55.3 Å². The molecule has 1 aliphatic heterocycles. The molecule has 3 heteroatoms. The van der Waals surface area contributed by atoms with Gasteiger partial charge in [-0.15, -0.1) is 0 Å². The largest absolute Gasteiger partial charge is 0.481 e. The minimum atomic E-state index is -0.666. The van der Waals surface area contributed by atoms with Crippen molar-refractivity contribution in [2.75, 3.05) is 13.1 Å². The van der Waals surface area contributed by atoms with E-state index in [1.807, 2.05) is 0 Å². The first kappa shape index (κ1) is 16.0. The Morgan fingerprint density at radius 2 is 1.81 bits per heavy atom. The number of likely N-dealkylation sites (tertiary alicyclic amines) is 1. The molecule has 1 aliphatic rings. The maximum atomic E-state index is 10.7. The van der Waals surface area contributed by atoms with E-state index in [0.717, 1.165) is 32.4 Å². The van der Waals surface area contributed by atoms with Gasteiger partial charge >= 0.3 is 5.97 Å². The van der Waals surface area contributed by atoms with Crippen molar-refractivity contribution < 1.29 is 9.90 Å². The van der Waals surface area contributed by atoms with Gasteiger partial charge in [0.1, 0.15) is 0 Å². The fourth-order valence-electron chi connectivity index (χ4n) is 3.42. The molecule has 3 nitrogen and oxygen atoms in total. The van der Waals surface area contributed by atoms with Crippen molar-refractivity contribution in [3.05, 3.63) is 34.9 Å². The number of carboxylic acid groups (broad SMARTS) is 1. The summed E-state index contributed by atoms with van der Waals surface area (Å²) in [5.41, 5.74) is 4.05. The van der Waals surface area contributed by atoms with Gasteiger partial charge in [0.15, 0.2) is 0 Å². The maximum absolute atomic E-state index is 10.7. The molecule has 1 atom stereocenters. The van der Waals surface area contributed by atoms with Gasteiger partial charge in [-0.3, -0.25) is 9.69 Å².